The molecule has 4 nitrogen and oxygen atoms in total. The van der Waals surface area contributed by atoms with Crippen molar-refractivity contribution in [2.75, 3.05) is 46.2 Å². The molecule has 0 fully saturated rings. The number of aliphatic hydroxyl groups is 1. The van der Waals surface area contributed by atoms with E-state index in [1.807, 2.05) is 0 Å². The zero-order chi connectivity index (χ0) is 14.2. The van der Waals surface area contributed by atoms with Crippen LogP contribution in [0.4, 0.5) is 0 Å². The molecule has 0 aliphatic heterocycles. The number of rotatable bonds is 15. The summed E-state index contributed by atoms with van der Waals surface area (Å²) in [7, 11) is 0. The summed E-state index contributed by atoms with van der Waals surface area (Å²) < 4.78 is 16.3. The zero-order valence-corrected chi connectivity index (χ0v) is 12.7. The Kier molecular flexibility index (Phi) is 15.8. The second kappa shape index (κ2) is 15.9. The lowest BCUT2D eigenvalue weighted by Crippen LogP contribution is -2.13. The van der Waals surface area contributed by atoms with Gasteiger partial charge in [0.2, 0.25) is 0 Å². The molecule has 0 amide bonds. The van der Waals surface area contributed by atoms with Crippen molar-refractivity contribution >= 4 is 0 Å². The van der Waals surface area contributed by atoms with Crippen molar-refractivity contribution in [1.29, 1.82) is 0 Å². The molecule has 0 heterocycles. The monoisotopic (exact) mass is 276 g/mol. The van der Waals surface area contributed by atoms with E-state index < -0.39 is 0 Å². The van der Waals surface area contributed by atoms with E-state index in [0.29, 0.717) is 39.0 Å². The van der Waals surface area contributed by atoms with Gasteiger partial charge in [-0.05, 0) is 25.2 Å². The standard InChI is InChI=1S/C15H32O4/c1-3-5-8-17-10-12-19-13-11-18-9-7-15(14-16)6-4-2/h15-16H,3-14H2,1-2H3. The highest BCUT2D eigenvalue weighted by atomic mass is 16.5. The van der Waals surface area contributed by atoms with E-state index >= 15 is 0 Å². The second-order valence-corrected chi connectivity index (χ2v) is 4.82. The molecule has 0 aliphatic carbocycles. The molecule has 0 saturated carbocycles. The summed E-state index contributed by atoms with van der Waals surface area (Å²) in [6, 6.07) is 0. The molecule has 116 valence electrons. The molecule has 19 heavy (non-hydrogen) atoms. The summed E-state index contributed by atoms with van der Waals surface area (Å²) in [6.07, 6.45) is 5.41. The van der Waals surface area contributed by atoms with Crippen molar-refractivity contribution in [3.05, 3.63) is 0 Å². The lowest BCUT2D eigenvalue weighted by Gasteiger charge is -2.12. The number of hydrogen-bond acceptors (Lipinski definition) is 4. The first kappa shape index (κ1) is 18.8. The first-order chi connectivity index (χ1) is 9.35. The van der Waals surface area contributed by atoms with Gasteiger partial charge in [0, 0.05) is 19.8 Å². The summed E-state index contributed by atoms with van der Waals surface area (Å²) in [6.45, 7) is 8.65. The maximum Gasteiger partial charge on any atom is 0.0701 e. The van der Waals surface area contributed by atoms with Crippen LogP contribution in [-0.4, -0.2) is 51.4 Å². The van der Waals surface area contributed by atoms with Gasteiger partial charge in [0.1, 0.15) is 0 Å². The van der Waals surface area contributed by atoms with E-state index in [1.54, 1.807) is 0 Å². The van der Waals surface area contributed by atoms with Crippen LogP contribution in [-0.2, 0) is 14.2 Å². The van der Waals surface area contributed by atoms with Crippen LogP contribution >= 0.6 is 0 Å². The van der Waals surface area contributed by atoms with Gasteiger partial charge in [-0.1, -0.05) is 26.7 Å². The van der Waals surface area contributed by atoms with E-state index in [4.69, 9.17) is 19.3 Å². The van der Waals surface area contributed by atoms with E-state index in [2.05, 4.69) is 13.8 Å². The highest BCUT2D eigenvalue weighted by Gasteiger charge is 2.05. The molecule has 4 heteroatoms. The van der Waals surface area contributed by atoms with Gasteiger partial charge in [0.05, 0.1) is 26.4 Å². The number of ether oxygens (including phenoxy) is 3. The van der Waals surface area contributed by atoms with Crippen LogP contribution in [0.3, 0.4) is 0 Å². The molecule has 1 N–H and O–H groups in total. The highest BCUT2D eigenvalue weighted by Crippen LogP contribution is 2.09. The lowest BCUT2D eigenvalue weighted by molar-refractivity contribution is 0.0104. The minimum Gasteiger partial charge on any atom is -0.396 e. The van der Waals surface area contributed by atoms with Gasteiger partial charge in [-0.2, -0.15) is 0 Å². The van der Waals surface area contributed by atoms with Crippen molar-refractivity contribution in [1.82, 2.24) is 0 Å². The predicted octanol–water partition coefficient (Wildman–Crippen LogP) is 2.64. The molecule has 0 saturated heterocycles. The Balaban J connectivity index is 3.09. The number of unbranched alkanes of at least 4 members (excludes halogenated alkanes) is 1. The van der Waals surface area contributed by atoms with Crippen molar-refractivity contribution in [2.45, 2.75) is 46.0 Å². The Labute approximate surface area is 118 Å². The molecule has 1 atom stereocenters. The van der Waals surface area contributed by atoms with Crippen LogP contribution in [0.2, 0.25) is 0 Å². The molecular formula is C15H32O4. The Hall–Kier alpha value is -0.160. The molecule has 0 bridgehead atoms. The molecule has 0 aromatic heterocycles. The van der Waals surface area contributed by atoms with Crippen molar-refractivity contribution < 1.29 is 19.3 Å². The third-order valence-corrected chi connectivity index (χ3v) is 3.01. The lowest BCUT2D eigenvalue weighted by atomic mass is 10.0. The van der Waals surface area contributed by atoms with Crippen LogP contribution in [0.15, 0.2) is 0 Å². The van der Waals surface area contributed by atoms with E-state index in [-0.39, 0.29) is 6.61 Å². The first-order valence-corrected chi connectivity index (χ1v) is 7.69. The Morgan fingerprint density at radius 1 is 0.737 bits per heavy atom. The molecular weight excluding hydrogens is 244 g/mol. The summed E-state index contributed by atoms with van der Waals surface area (Å²) in [5, 5.41) is 9.12. The Morgan fingerprint density at radius 2 is 1.32 bits per heavy atom. The topological polar surface area (TPSA) is 47.9 Å². The number of aliphatic hydroxyl groups excluding tert-OH is 1. The molecule has 0 rings (SSSR count). The predicted molar refractivity (Wildman–Crippen MR) is 77.5 cm³/mol. The third kappa shape index (κ3) is 14.1. The second-order valence-electron chi connectivity index (χ2n) is 4.82. The van der Waals surface area contributed by atoms with E-state index in [1.165, 1.54) is 6.42 Å². The fraction of sp³-hybridized carbons (Fsp3) is 1.00. The maximum absolute atomic E-state index is 9.12. The number of hydrogen-bond donors (Lipinski definition) is 1. The van der Waals surface area contributed by atoms with Crippen LogP contribution in [0, 0.1) is 5.92 Å². The molecule has 0 radical (unpaired) electrons. The minimum atomic E-state index is 0.267. The zero-order valence-electron chi connectivity index (χ0n) is 12.7. The Bertz CT molecular complexity index is 164. The minimum absolute atomic E-state index is 0.267. The first-order valence-electron chi connectivity index (χ1n) is 7.69. The fourth-order valence-electron chi connectivity index (χ4n) is 1.77. The van der Waals surface area contributed by atoms with E-state index in [0.717, 1.165) is 32.3 Å². The average molecular weight is 276 g/mol. The van der Waals surface area contributed by atoms with Gasteiger partial charge >= 0.3 is 0 Å². The van der Waals surface area contributed by atoms with Gasteiger partial charge < -0.3 is 19.3 Å². The maximum atomic E-state index is 9.12. The van der Waals surface area contributed by atoms with Crippen LogP contribution < -0.4 is 0 Å². The highest BCUT2D eigenvalue weighted by molar-refractivity contribution is 4.56. The van der Waals surface area contributed by atoms with Gasteiger partial charge in [0.25, 0.3) is 0 Å². The van der Waals surface area contributed by atoms with Gasteiger partial charge in [-0.3, -0.25) is 0 Å². The normalized spacial score (nSPS) is 12.8. The summed E-state index contributed by atoms with van der Waals surface area (Å²) in [5.74, 6) is 0.387. The third-order valence-electron chi connectivity index (χ3n) is 3.01. The largest absolute Gasteiger partial charge is 0.396 e. The van der Waals surface area contributed by atoms with Gasteiger partial charge in [-0.15, -0.1) is 0 Å². The van der Waals surface area contributed by atoms with Crippen molar-refractivity contribution in [3.8, 4) is 0 Å². The Morgan fingerprint density at radius 3 is 1.84 bits per heavy atom. The fourth-order valence-corrected chi connectivity index (χ4v) is 1.77. The molecule has 0 spiro atoms. The molecule has 1 unspecified atom stereocenters. The van der Waals surface area contributed by atoms with Crippen molar-refractivity contribution in [3.63, 3.8) is 0 Å². The van der Waals surface area contributed by atoms with Gasteiger partial charge in [0.15, 0.2) is 0 Å². The van der Waals surface area contributed by atoms with E-state index in [9.17, 15) is 0 Å². The van der Waals surface area contributed by atoms with Gasteiger partial charge in [-0.25, -0.2) is 0 Å². The smallest absolute Gasteiger partial charge is 0.0701 e. The van der Waals surface area contributed by atoms with Crippen LogP contribution in [0.5, 0.6) is 0 Å². The summed E-state index contributed by atoms with van der Waals surface area (Å²) >= 11 is 0. The molecule has 0 aromatic carbocycles. The van der Waals surface area contributed by atoms with Crippen LogP contribution in [0.1, 0.15) is 46.0 Å². The quantitative estimate of drug-likeness (QED) is 0.467. The molecule has 0 aliphatic rings. The average Bonchev–Trinajstić information content (AvgIpc) is 2.43. The van der Waals surface area contributed by atoms with Crippen molar-refractivity contribution in [2.24, 2.45) is 5.92 Å². The summed E-state index contributed by atoms with van der Waals surface area (Å²) in [4.78, 5) is 0. The SMILES string of the molecule is CCCCOCCOCCOCCC(CO)CCC. The molecule has 0 aromatic rings. The van der Waals surface area contributed by atoms with Crippen LogP contribution in [0.25, 0.3) is 0 Å². The summed E-state index contributed by atoms with van der Waals surface area (Å²) in [5.41, 5.74) is 0.